The average Bonchev–Trinajstić information content (AvgIpc) is 2.76. The standard InChI is InChI=1S/C14H25N3O3/c1-20-13(18)11-16-7-9-17(10-8-16)14(19)12-5-3-2-4-6-15-12/h12,15H,2-11H2,1H3. The molecule has 0 aromatic carbocycles. The zero-order valence-corrected chi connectivity index (χ0v) is 12.3. The second kappa shape index (κ2) is 7.59. The van der Waals surface area contributed by atoms with Gasteiger partial charge >= 0.3 is 5.97 Å². The molecule has 0 spiro atoms. The minimum Gasteiger partial charge on any atom is -0.468 e. The van der Waals surface area contributed by atoms with Gasteiger partial charge in [-0.1, -0.05) is 12.8 Å². The van der Waals surface area contributed by atoms with Crippen LogP contribution in [0.25, 0.3) is 0 Å². The van der Waals surface area contributed by atoms with E-state index in [1.807, 2.05) is 9.80 Å². The predicted octanol–water partition coefficient (Wildman–Crippen LogP) is -0.164. The van der Waals surface area contributed by atoms with Crippen molar-refractivity contribution in [1.82, 2.24) is 15.1 Å². The molecule has 0 aliphatic carbocycles. The van der Waals surface area contributed by atoms with E-state index in [0.29, 0.717) is 19.6 Å². The number of nitrogens with zero attached hydrogens (tertiary/aromatic N) is 2. The summed E-state index contributed by atoms with van der Waals surface area (Å²) in [7, 11) is 1.40. The number of rotatable bonds is 3. The molecule has 2 heterocycles. The van der Waals surface area contributed by atoms with E-state index in [2.05, 4.69) is 10.1 Å². The molecule has 6 heteroatoms. The first-order valence-electron chi connectivity index (χ1n) is 7.52. The summed E-state index contributed by atoms with van der Waals surface area (Å²) in [5, 5.41) is 3.35. The van der Waals surface area contributed by atoms with Gasteiger partial charge in [0, 0.05) is 26.2 Å². The lowest BCUT2D eigenvalue weighted by atomic mass is 10.1. The molecule has 2 aliphatic heterocycles. The summed E-state index contributed by atoms with van der Waals surface area (Å²) in [5.74, 6) is 0.0137. The Bertz CT molecular complexity index is 333. The van der Waals surface area contributed by atoms with E-state index in [-0.39, 0.29) is 17.9 Å². The van der Waals surface area contributed by atoms with Crippen molar-refractivity contribution in [2.45, 2.75) is 31.7 Å². The van der Waals surface area contributed by atoms with Crippen molar-refractivity contribution < 1.29 is 14.3 Å². The van der Waals surface area contributed by atoms with Crippen molar-refractivity contribution in [2.24, 2.45) is 0 Å². The molecule has 1 amide bonds. The van der Waals surface area contributed by atoms with Gasteiger partial charge in [-0.15, -0.1) is 0 Å². The smallest absolute Gasteiger partial charge is 0.319 e. The maximum atomic E-state index is 12.4. The number of hydrogen-bond acceptors (Lipinski definition) is 5. The van der Waals surface area contributed by atoms with Gasteiger partial charge in [-0.25, -0.2) is 0 Å². The molecule has 2 aliphatic rings. The Morgan fingerprint density at radius 3 is 2.60 bits per heavy atom. The number of amides is 1. The molecular weight excluding hydrogens is 258 g/mol. The first kappa shape index (κ1) is 15.3. The Hall–Kier alpha value is -1.14. The average molecular weight is 283 g/mol. The highest BCUT2D eigenvalue weighted by atomic mass is 16.5. The van der Waals surface area contributed by atoms with Crippen LogP contribution in [0, 0.1) is 0 Å². The Kier molecular flexibility index (Phi) is 5.79. The van der Waals surface area contributed by atoms with E-state index in [4.69, 9.17) is 0 Å². The molecule has 0 radical (unpaired) electrons. The lowest BCUT2D eigenvalue weighted by molar-refractivity contribution is -0.143. The fourth-order valence-electron chi connectivity index (χ4n) is 2.83. The van der Waals surface area contributed by atoms with Crippen LogP contribution in [0.15, 0.2) is 0 Å². The van der Waals surface area contributed by atoms with Crippen molar-refractivity contribution in [3.8, 4) is 0 Å². The van der Waals surface area contributed by atoms with Crippen molar-refractivity contribution in [1.29, 1.82) is 0 Å². The number of nitrogens with one attached hydrogen (secondary N) is 1. The topological polar surface area (TPSA) is 61.9 Å². The van der Waals surface area contributed by atoms with Crippen LogP contribution in [-0.4, -0.2) is 74.1 Å². The maximum Gasteiger partial charge on any atom is 0.319 e. The number of esters is 1. The zero-order chi connectivity index (χ0) is 14.4. The molecule has 1 N–H and O–H groups in total. The maximum absolute atomic E-state index is 12.4. The Morgan fingerprint density at radius 1 is 1.15 bits per heavy atom. The van der Waals surface area contributed by atoms with Gasteiger partial charge in [0.05, 0.1) is 19.7 Å². The number of hydrogen-bond donors (Lipinski definition) is 1. The first-order chi connectivity index (χ1) is 9.70. The summed E-state index contributed by atoms with van der Waals surface area (Å²) >= 11 is 0. The van der Waals surface area contributed by atoms with E-state index in [0.717, 1.165) is 38.9 Å². The summed E-state index contributed by atoms with van der Waals surface area (Å²) in [6.07, 6.45) is 4.45. The third-order valence-corrected chi connectivity index (χ3v) is 4.12. The Morgan fingerprint density at radius 2 is 1.90 bits per heavy atom. The second-order valence-electron chi connectivity index (χ2n) is 5.53. The second-order valence-corrected chi connectivity index (χ2v) is 5.53. The number of piperazine rings is 1. The Labute approximate surface area is 120 Å². The molecule has 0 aromatic heterocycles. The van der Waals surface area contributed by atoms with Crippen molar-refractivity contribution in [3.05, 3.63) is 0 Å². The SMILES string of the molecule is COC(=O)CN1CCN(C(=O)C2CCCCCN2)CC1. The molecule has 114 valence electrons. The lowest BCUT2D eigenvalue weighted by Crippen LogP contribution is -2.54. The molecular formula is C14H25N3O3. The summed E-state index contributed by atoms with van der Waals surface area (Å²) in [5.41, 5.74) is 0. The minimum absolute atomic E-state index is 0.00958. The highest BCUT2D eigenvalue weighted by molar-refractivity contribution is 5.82. The highest BCUT2D eigenvalue weighted by Crippen LogP contribution is 2.12. The van der Waals surface area contributed by atoms with Crippen LogP contribution in [0.1, 0.15) is 25.7 Å². The fourth-order valence-corrected chi connectivity index (χ4v) is 2.83. The van der Waals surface area contributed by atoms with Gasteiger partial charge in [-0.3, -0.25) is 14.5 Å². The van der Waals surface area contributed by atoms with Crippen molar-refractivity contribution in [3.63, 3.8) is 0 Å². The van der Waals surface area contributed by atoms with E-state index in [1.165, 1.54) is 13.5 Å². The summed E-state index contributed by atoms with van der Waals surface area (Å²) in [6.45, 7) is 4.15. The fraction of sp³-hybridized carbons (Fsp3) is 0.857. The summed E-state index contributed by atoms with van der Waals surface area (Å²) < 4.78 is 4.67. The van der Waals surface area contributed by atoms with Crippen molar-refractivity contribution >= 4 is 11.9 Å². The third kappa shape index (κ3) is 4.18. The van der Waals surface area contributed by atoms with Gasteiger partial charge in [0.1, 0.15) is 0 Å². The normalized spacial score (nSPS) is 25.1. The summed E-state index contributed by atoms with van der Waals surface area (Å²) in [4.78, 5) is 27.6. The van der Waals surface area contributed by atoms with Crippen LogP contribution < -0.4 is 5.32 Å². The monoisotopic (exact) mass is 283 g/mol. The molecule has 2 saturated heterocycles. The zero-order valence-electron chi connectivity index (χ0n) is 12.3. The molecule has 0 saturated carbocycles. The van der Waals surface area contributed by atoms with Gasteiger partial charge in [0.2, 0.25) is 5.91 Å². The van der Waals surface area contributed by atoms with Crippen molar-refractivity contribution in [2.75, 3.05) is 46.4 Å². The molecule has 20 heavy (non-hydrogen) atoms. The van der Waals surface area contributed by atoms with Crippen LogP contribution in [0.3, 0.4) is 0 Å². The number of carbonyl (C=O) groups excluding carboxylic acids is 2. The van der Waals surface area contributed by atoms with Crippen LogP contribution in [0.4, 0.5) is 0 Å². The number of methoxy groups -OCH3 is 1. The van der Waals surface area contributed by atoms with Gasteiger partial charge in [-0.05, 0) is 19.4 Å². The largest absolute Gasteiger partial charge is 0.468 e. The highest BCUT2D eigenvalue weighted by Gasteiger charge is 2.28. The first-order valence-corrected chi connectivity index (χ1v) is 7.52. The molecule has 6 nitrogen and oxygen atoms in total. The molecule has 1 unspecified atom stereocenters. The van der Waals surface area contributed by atoms with E-state index in [9.17, 15) is 9.59 Å². The van der Waals surface area contributed by atoms with Crippen LogP contribution >= 0.6 is 0 Å². The van der Waals surface area contributed by atoms with Gasteiger partial charge in [-0.2, -0.15) is 0 Å². The van der Waals surface area contributed by atoms with Crippen LogP contribution in [-0.2, 0) is 14.3 Å². The molecule has 0 aromatic rings. The van der Waals surface area contributed by atoms with Crippen LogP contribution in [0.2, 0.25) is 0 Å². The predicted molar refractivity (Wildman–Crippen MR) is 75.3 cm³/mol. The van der Waals surface area contributed by atoms with Gasteiger partial charge in [0.25, 0.3) is 0 Å². The van der Waals surface area contributed by atoms with E-state index >= 15 is 0 Å². The number of ether oxygens (including phenoxy) is 1. The third-order valence-electron chi connectivity index (χ3n) is 4.12. The van der Waals surface area contributed by atoms with E-state index < -0.39 is 0 Å². The lowest BCUT2D eigenvalue weighted by Gasteiger charge is -2.35. The molecule has 2 fully saturated rings. The number of carbonyl (C=O) groups is 2. The van der Waals surface area contributed by atoms with Gasteiger partial charge in [0.15, 0.2) is 0 Å². The van der Waals surface area contributed by atoms with E-state index in [1.54, 1.807) is 0 Å². The molecule has 1 atom stereocenters. The molecule has 0 bridgehead atoms. The quantitative estimate of drug-likeness (QED) is 0.729. The van der Waals surface area contributed by atoms with Crippen LogP contribution in [0.5, 0.6) is 0 Å². The molecule has 2 rings (SSSR count). The van der Waals surface area contributed by atoms with Gasteiger partial charge < -0.3 is 15.0 Å². The Balaban J connectivity index is 1.77. The minimum atomic E-state index is -0.213. The summed E-state index contributed by atoms with van der Waals surface area (Å²) in [6, 6.07) is -0.00958.